The predicted molar refractivity (Wildman–Crippen MR) is 94.9 cm³/mol. The second-order valence-corrected chi connectivity index (χ2v) is 8.17. The summed E-state index contributed by atoms with van der Waals surface area (Å²) < 4.78 is 66.0. The Bertz CT molecular complexity index is 920. The second kappa shape index (κ2) is 6.91. The minimum atomic E-state index is -4.58. The van der Waals surface area contributed by atoms with Crippen molar-refractivity contribution in [1.82, 2.24) is 15.2 Å². The molecule has 8 nitrogen and oxygen atoms in total. The Kier molecular flexibility index (Phi) is 4.93. The molecule has 2 aromatic rings. The molecule has 12 heteroatoms. The van der Waals surface area contributed by atoms with Gasteiger partial charge in [-0.15, -0.1) is 5.10 Å². The number of hydrogen-bond acceptors (Lipinski definition) is 6. The Balaban J connectivity index is 1.91. The lowest BCUT2D eigenvalue weighted by atomic mass is 9.85. The summed E-state index contributed by atoms with van der Waals surface area (Å²) in [5.74, 6) is 0.0957. The van der Waals surface area contributed by atoms with Crippen LogP contribution < -0.4 is 15.4 Å². The number of piperidine rings is 1. The van der Waals surface area contributed by atoms with Crippen LogP contribution in [0.25, 0.3) is 0 Å². The predicted octanol–water partition coefficient (Wildman–Crippen LogP) is 2.16. The highest BCUT2D eigenvalue weighted by molar-refractivity contribution is 7.92. The zero-order chi connectivity index (χ0) is 19.8. The van der Waals surface area contributed by atoms with Gasteiger partial charge in [-0.05, 0) is 36.5 Å². The molecule has 1 saturated heterocycles. The van der Waals surface area contributed by atoms with Crippen molar-refractivity contribution in [2.24, 2.45) is 0 Å². The summed E-state index contributed by atoms with van der Waals surface area (Å²) in [6, 6.07) is 3.53. The summed E-state index contributed by atoms with van der Waals surface area (Å²) >= 11 is 0. The third-order valence-electron chi connectivity index (χ3n) is 4.38. The zero-order valence-corrected chi connectivity index (χ0v) is 15.2. The molecule has 0 radical (unpaired) electrons. The van der Waals surface area contributed by atoms with Gasteiger partial charge in [-0.3, -0.25) is 4.72 Å². The SMILES string of the molecule is CS(=O)(=O)Nc1cccc(C(F)(F)F)c1C1CCN(c2n[nH]c(N)n2)CC1. The molecule has 0 spiro atoms. The van der Waals surface area contributed by atoms with Crippen molar-refractivity contribution < 1.29 is 21.6 Å². The molecule has 3 rings (SSSR count). The van der Waals surface area contributed by atoms with Gasteiger partial charge < -0.3 is 10.6 Å². The summed E-state index contributed by atoms with van der Waals surface area (Å²) in [4.78, 5) is 5.84. The Morgan fingerprint density at radius 3 is 2.48 bits per heavy atom. The van der Waals surface area contributed by atoms with E-state index in [-0.39, 0.29) is 17.2 Å². The van der Waals surface area contributed by atoms with Crippen LogP contribution in [0.4, 0.5) is 30.8 Å². The van der Waals surface area contributed by atoms with Gasteiger partial charge in [0.25, 0.3) is 0 Å². The van der Waals surface area contributed by atoms with Crippen molar-refractivity contribution in [1.29, 1.82) is 0 Å². The van der Waals surface area contributed by atoms with Gasteiger partial charge in [0.15, 0.2) is 0 Å². The highest BCUT2D eigenvalue weighted by Gasteiger charge is 2.38. The maximum Gasteiger partial charge on any atom is 0.416 e. The van der Waals surface area contributed by atoms with Crippen LogP contribution in [0.3, 0.4) is 0 Å². The van der Waals surface area contributed by atoms with E-state index in [4.69, 9.17) is 5.73 Å². The van der Waals surface area contributed by atoms with E-state index in [1.807, 2.05) is 4.90 Å². The van der Waals surface area contributed by atoms with Crippen LogP contribution in [0.1, 0.15) is 29.9 Å². The molecule has 0 bridgehead atoms. The zero-order valence-electron chi connectivity index (χ0n) is 14.4. The monoisotopic (exact) mass is 404 g/mol. The highest BCUT2D eigenvalue weighted by Crippen LogP contribution is 2.42. The molecule has 0 unspecified atom stereocenters. The molecule has 0 amide bonds. The number of nitrogens with one attached hydrogen (secondary N) is 2. The van der Waals surface area contributed by atoms with Gasteiger partial charge in [0, 0.05) is 13.1 Å². The molecule has 0 atom stereocenters. The molecule has 0 saturated carbocycles. The molecule has 1 aromatic heterocycles. The molecular weight excluding hydrogens is 385 g/mol. The molecule has 27 heavy (non-hydrogen) atoms. The lowest BCUT2D eigenvalue weighted by Crippen LogP contribution is -2.34. The number of nitrogens with zero attached hydrogens (tertiary/aromatic N) is 3. The number of H-pyrrole nitrogens is 1. The van der Waals surface area contributed by atoms with Crippen LogP contribution in [0.2, 0.25) is 0 Å². The fraction of sp³-hybridized carbons (Fsp3) is 0.467. The minimum Gasteiger partial charge on any atom is -0.368 e. The summed E-state index contributed by atoms with van der Waals surface area (Å²) in [5.41, 5.74) is 4.62. The van der Waals surface area contributed by atoms with Crippen molar-refractivity contribution in [3.8, 4) is 0 Å². The number of aromatic amines is 1. The number of halogens is 3. The number of benzene rings is 1. The van der Waals surface area contributed by atoms with Gasteiger partial charge in [0.2, 0.25) is 21.9 Å². The second-order valence-electron chi connectivity index (χ2n) is 6.42. The van der Waals surface area contributed by atoms with E-state index < -0.39 is 27.7 Å². The third kappa shape index (κ3) is 4.43. The largest absolute Gasteiger partial charge is 0.416 e. The van der Waals surface area contributed by atoms with Crippen molar-refractivity contribution in [2.75, 3.05) is 34.7 Å². The number of alkyl halides is 3. The van der Waals surface area contributed by atoms with Crippen molar-refractivity contribution >= 4 is 27.6 Å². The molecule has 1 fully saturated rings. The van der Waals surface area contributed by atoms with Gasteiger partial charge in [-0.1, -0.05) is 6.07 Å². The van der Waals surface area contributed by atoms with Gasteiger partial charge in [-0.2, -0.15) is 18.2 Å². The molecule has 2 heterocycles. The van der Waals surface area contributed by atoms with E-state index in [0.29, 0.717) is 31.9 Å². The van der Waals surface area contributed by atoms with Crippen molar-refractivity contribution in [3.63, 3.8) is 0 Å². The van der Waals surface area contributed by atoms with Crippen LogP contribution in [-0.2, 0) is 16.2 Å². The van der Waals surface area contributed by atoms with Crippen LogP contribution in [0.5, 0.6) is 0 Å². The lowest BCUT2D eigenvalue weighted by Gasteiger charge is -2.33. The van der Waals surface area contributed by atoms with E-state index in [1.165, 1.54) is 12.1 Å². The van der Waals surface area contributed by atoms with Crippen molar-refractivity contribution in [3.05, 3.63) is 29.3 Å². The smallest absolute Gasteiger partial charge is 0.368 e. The van der Waals surface area contributed by atoms with Crippen LogP contribution in [0, 0.1) is 0 Å². The summed E-state index contributed by atoms with van der Waals surface area (Å²) in [5, 5.41) is 6.48. The van der Waals surface area contributed by atoms with E-state index in [1.54, 1.807) is 0 Å². The lowest BCUT2D eigenvalue weighted by molar-refractivity contribution is -0.138. The van der Waals surface area contributed by atoms with Crippen LogP contribution in [0.15, 0.2) is 18.2 Å². The van der Waals surface area contributed by atoms with Crippen molar-refractivity contribution in [2.45, 2.75) is 24.9 Å². The third-order valence-corrected chi connectivity index (χ3v) is 4.97. The first-order valence-electron chi connectivity index (χ1n) is 8.15. The maximum absolute atomic E-state index is 13.5. The number of sulfonamides is 1. The molecule has 148 valence electrons. The molecule has 4 N–H and O–H groups in total. The normalized spacial score (nSPS) is 16.5. The average molecular weight is 404 g/mol. The standard InChI is InChI=1S/C15H19F3N6O2S/c1-27(25,26)23-11-4-2-3-10(15(16,17)18)12(11)9-5-7-24(8-6-9)14-20-13(19)21-22-14/h2-4,9,23H,5-8H2,1H3,(H3,19,20,21,22). The van der Waals surface area contributed by atoms with Crippen LogP contribution >= 0.6 is 0 Å². The number of rotatable bonds is 4. The Morgan fingerprint density at radius 2 is 1.96 bits per heavy atom. The Hall–Kier alpha value is -2.50. The fourth-order valence-electron chi connectivity index (χ4n) is 3.32. The molecule has 0 aliphatic carbocycles. The molecule has 1 aliphatic rings. The summed E-state index contributed by atoms with van der Waals surface area (Å²) in [7, 11) is -3.72. The summed E-state index contributed by atoms with van der Waals surface area (Å²) in [6.07, 6.45) is -2.90. The highest BCUT2D eigenvalue weighted by atomic mass is 32.2. The topological polar surface area (TPSA) is 117 Å². The van der Waals surface area contributed by atoms with Gasteiger partial charge in [0.1, 0.15) is 0 Å². The number of nitrogen functional groups attached to an aromatic ring is 1. The quantitative estimate of drug-likeness (QED) is 0.719. The van der Waals surface area contributed by atoms with Gasteiger partial charge >= 0.3 is 6.18 Å². The first-order chi connectivity index (χ1) is 12.5. The maximum atomic E-state index is 13.5. The number of hydrogen-bond donors (Lipinski definition) is 3. The number of aromatic nitrogens is 3. The fourth-order valence-corrected chi connectivity index (χ4v) is 3.89. The summed E-state index contributed by atoms with van der Waals surface area (Å²) in [6.45, 7) is 0.846. The molecule has 1 aromatic carbocycles. The van der Waals surface area contributed by atoms with Gasteiger partial charge in [-0.25, -0.2) is 13.5 Å². The number of nitrogens with two attached hydrogens (primary N) is 1. The molecular formula is C15H19F3N6O2S. The van der Waals surface area contributed by atoms with Gasteiger partial charge in [0.05, 0.1) is 17.5 Å². The van der Waals surface area contributed by atoms with E-state index >= 15 is 0 Å². The van der Waals surface area contributed by atoms with E-state index in [0.717, 1.165) is 12.3 Å². The first-order valence-corrected chi connectivity index (χ1v) is 10.0. The molecule has 1 aliphatic heterocycles. The minimum absolute atomic E-state index is 0.0235. The average Bonchev–Trinajstić information content (AvgIpc) is 2.99. The van der Waals surface area contributed by atoms with E-state index in [2.05, 4.69) is 19.9 Å². The van der Waals surface area contributed by atoms with Crippen LogP contribution in [-0.4, -0.2) is 42.9 Å². The first kappa shape index (κ1) is 19.3. The Labute approximate surface area is 154 Å². The van der Waals surface area contributed by atoms with E-state index in [9.17, 15) is 21.6 Å². The number of anilines is 3. The Morgan fingerprint density at radius 1 is 1.30 bits per heavy atom.